The number of rotatable bonds is 16. The van der Waals surface area contributed by atoms with Crippen molar-refractivity contribution >= 4 is 78.0 Å². The Morgan fingerprint density at radius 3 is 0.958 bits per heavy atom. The van der Waals surface area contributed by atoms with Gasteiger partial charge in [-0.1, -0.05) is 376 Å². The number of furan rings is 2. The zero-order chi connectivity index (χ0) is 79.2. The van der Waals surface area contributed by atoms with Crippen LogP contribution in [0.3, 0.4) is 0 Å². The Balaban J connectivity index is 0.643. The molecule has 0 radical (unpaired) electrons. The lowest BCUT2D eigenvalue weighted by Gasteiger charge is -2.35. The van der Waals surface area contributed by atoms with Gasteiger partial charge < -0.3 is 18.6 Å². The molecule has 562 valence electrons. The van der Waals surface area contributed by atoms with E-state index in [1.165, 1.54) is 77.9 Å². The average Bonchev–Trinajstić information content (AvgIpc) is 1.53. The highest BCUT2D eigenvalue weighted by Crippen LogP contribution is 2.60. The molecule has 0 N–H and O–H groups in total. The van der Waals surface area contributed by atoms with Gasteiger partial charge in [0.15, 0.2) is 0 Å². The number of hydrogen-bond acceptors (Lipinski definition) is 4. The van der Waals surface area contributed by atoms with E-state index in [9.17, 15) is 0 Å². The molecule has 0 saturated carbocycles. The largest absolute Gasteiger partial charge is 0.455 e. The minimum atomic E-state index is -0.737. The second-order valence-corrected chi connectivity index (χ2v) is 31.6. The smallest absolute Gasteiger partial charge is 0.143 e. The van der Waals surface area contributed by atoms with E-state index in [1.54, 1.807) is 0 Å². The monoisotopic (exact) mass is 1530 g/mol. The zero-order valence-corrected chi connectivity index (χ0v) is 65.6. The van der Waals surface area contributed by atoms with Crippen LogP contribution in [0.4, 0.5) is 34.1 Å². The number of nitrogens with zero attached hydrogens (tertiary/aromatic N) is 2. The van der Waals surface area contributed by atoms with Crippen molar-refractivity contribution in [2.45, 2.75) is 10.8 Å². The lowest BCUT2D eigenvalue weighted by Crippen LogP contribution is -2.29. The summed E-state index contributed by atoms with van der Waals surface area (Å²) in [7, 11) is 0. The topological polar surface area (TPSA) is 32.8 Å². The van der Waals surface area contributed by atoms with Crippen LogP contribution in [0.5, 0.6) is 0 Å². The minimum absolute atomic E-state index is 0.608. The van der Waals surface area contributed by atoms with Crippen LogP contribution in [0, 0.1) is 0 Å². The molecule has 2 aliphatic carbocycles. The first-order valence-electron chi connectivity index (χ1n) is 41.3. The van der Waals surface area contributed by atoms with Crippen molar-refractivity contribution in [1.29, 1.82) is 0 Å². The van der Waals surface area contributed by atoms with E-state index in [2.05, 4.69) is 459 Å². The summed E-state index contributed by atoms with van der Waals surface area (Å²) in [5.41, 5.74) is 36.5. The summed E-state index contributed by atoms with van der Waals surface area (Å²) < 4.78 is 13.3. The maximum Gasteiger partial charge on any atom is 0.143 e. The van der Waals surface area contributed by atoms with Gasteiger partial charge in [0.05, 0.1) is 16.5 Å². The molecule has 2 aliphatic rings. The second-order valence-electron chi connectivity index (χ2n) is 31.6. The highest BCUT2D eigenvalue weighted by Gasteiger charge is 2.48. The summed E-state index contributed by atoms with van der Waals surface area (Å²) in [5.74, 6) is 0. The summed E-state index contributed by atoms with van der Waals surface area (Å²) in [6.45, 7) is 0. The molecule has 21 aromatic rings. The molecular weight excluding hydrogens is 1450 g/mol. The van der Waals surface area contributed by atoms with Gasteiger partial charge in [0, 0.05) is 66.7 Å². The molecule has 1 atom stereocenters. The van der Waals surface area contributed by atoms with Crippen LogP contribution in [0.25, 0.3) is 133 Å². The molecule has 23 rings (SSSR count). The molecule has 2 aromatic heterocycles. The van der Waals surface area contributed by atoms with Gasteiger partial charge in [0.25, 0.3) is 0 Å². The summed E-state index contributed by atoms with van der Waals surface area (Å²) in [6, 6.07) is 170. The van der Waals surface area contributed by atoms with Gasteiger partial charge in [-0.15, -0.1) is 0 Å². The second kappa shape index (κ2) is 28.7. The molecule has 0 saturated heterocycles. The van der Waals surface area contributed by atoms with Crippen molar-refractivity contribution in [2.75, 3.05) is 9.80 Å². The Morgan fingerprint density at radius 2 is 0.467 bits per heavy atom. The van der Waals surface area contributed by atoms with Gasteiger partial charge in [0.2, 0.25) is 0 Å². The summed E-state index contributed by atoms with van der Waals surface area (Å²) in [4.78, 5) is 4.90. The van der Waals surface area contributed by atoms with Gasteiger partial charge in [-0.3, -0.25) is 0 Å². The fourth-order valence-corrected chi connectivity index (χ4v) is 19.8. The van der Waals surface area contributed by atoms with Crippen molar-refractivity contribution < 1.29 is 8.83 Å². The molecule has 0 aliphatic heterocycles. The predicted molar refractivity (Wildman–Crippen MR) is 498 cm³/mol. The fourth-order valence-electron chi connectivity index (χ4n) is 19.8. The van der Waals surface area contributed by atoms with E-state index in [0.717, 1.165) is 134 Å². The van der Waals surface area contributed by atoms with Crippen molar-refractivity contribution in [2.24, 2.45) is 0 Å². The molecule has 0 amide bonds. The summed E-state index contributed by atoms with van der Waals surface area (Å²) in [6.07, 6.45) is 0. The third kappa shape index (κ3) is 11.3. The van der Waals surface area contributed by atoms with Crippen LogP contribution >= 0.6 is 0 Å². The molecule has 2 heterocycles. The molecule has 1 unspecified atom stereocenters. The van der Waals surface area contributed by atoms with Crippen molar-refractivity contribution in [3.63, 3.8) is 0 Å². The van der Waals surface area contributed by atoms with Gasteiger partial charge in [-0.05, 0) is 202 Å². The molecule has 0 spiro atoms. The number of benzene rings is 19. The Bertz CT molecular complexity index is 7440. The van der Waals surface area contributed by atoms with Crippen molar-refractivity contribution in [3.05, 3.63) is 506 Å². The van der Waals surface area contributed by atoms with Crippen LogP contribution < -0.4 is 9.80 Å². The van der Waals surface area contributed by atoms with E-state index in [4.69, 9.17) is 8.83 Å². The average molecular weight is 1530 g/mol. The first kappa shape index (κ1) is 69.8. The van der Waals surface area contributed by atoms with Crippen LogP contribution in [0.2, 0.25) is 0 Å². The predicted octanol–water partition coefficient (Wildman–Crippen LogP) is 31.2. The Morgan fingerprint density at radius 1 is 0.167 bits per heavy atom. The van der Waals surface area contributed by atoms with E-state index < -0.39 is 10.8 Å². The van der Waals surface area contributed by atoms with Gasteiger partial charge in [-0.25, -0.2) is 0 Å². The third-order valence-corrected chi connectivity index (χ3v) is 25.3. The molecule has 120 heavy (non-hydrogen) atoms. The fraction of sp³-hybridized carbons (Fsp3) is 0.0172. The van der Waals surface area contributed by atoms with Gasteiger partial charge >= 0.3 is 0 Å². The standard InChI is InChI=1S/C116H76N2O2/c1-5-26-77(27-6-1)78-50-52-79(53-51-78)80-58-64-90(65-59-80)117(91-66-60-83(61-67-91)96-41-24-43-104-102-39-16-21-48-111(102)119-113(96)104)93-70-72-101-99-38-14-19-46-107(99)116(109(101)75-93,88-33-11-4-12-34-88)89-35-23-28-85(74-89)81-54-56-82(57-55-81)95-36-15-20-47-110(95)118(92-68-62-84(63-69-92)97-42-25-44-105-103-40-17-22-49-112(103)120-114(97)105)94-71-73-100-98-37-13-18-45-106(98)115(108(100)76-94,86-29-7-2-8-30-86)87-31-9-3-10-32-87/h1-76H. The zero-order valence-electron chi connectivity index (χ0n) is 65.6. The normalized spacial score (nSPS) is 13.6. The van der Waals surface area contributed by atoms with Crippen LogP contribution in [-0.4, -0.2) is 0 Å². The lowest BCUT2D eigenvalue weighted by molar-refractivity contribution is 0.669. The Hall–Kier alpha value is -15.6. The maximum absolute atomic E-state index is 6.66. The third-order valence-electron chi connectivity index (χ3n) is 25.3. The lowest BCUT2D eigenvalue weighted by atomic mass is 9.67. The van der Waals surface area contributed by atoms with Crippen LogP contribution in [0.15, 0.2) is 470 Å². The summed E-state index contributed by atoms with van der Waals surface area (Å²) in [5, 5.41) is 4.44. The molecular formula is C116H76N2O2. The van der Waals surface area contributed by atoms with E-state index in [-0.39, 0.29) is 0 Å². The Kier molecular flexibility index (Phi) is 16.7. The van der Waals surface area contributed by atoms with E-state index >= 15 is 0 Å². The van der Waals surface area contributed by atoms with Gasteiger partial charge in [0.1, 0.15) is 22.3 Å². The van der Waals surface area contributed by atoms with Crippen molar-refractivity contribution in [1.82, 2.24) is 0 Å². The number of hydrogen-bond donors (Lipinski definition) is 0. The molecule has 0 bridgehead atoms. The first-order valence-corrected chi connectivity index (χ1v) is 41.3. The highest BCUT2D eigenvalue weighted by molar-refractivity contribution is 6.11. The van der Waals surface area contributed by atoms with Crippen molar-refractivity contribution in [3.8, 4) is 89.0 Å². The quantitative estimate of drug-likeness (QED) is 0.0965. The van der Waals surface area contributed by atoms with E-state index in [1.807, 2.05) is 12.1 Å². The Labute approximate surface area is 697 Å². The summed E-state index contributed by atoms with van der Waals surface area (Å²) >= 11 is 0. The SMILES string of the molecule is c1ccc(-c2ccc(-c3ccc(N(c4ccc(-c5cccc6c5oc5ccccc56)cc4)c4ccc5c(c4)C(c4ccccc4)(c4cccc(-c6ccc(-c7ccccc7N(c7ccc(-c8cccc9c8oc8ccccc89)cc7)c7ccc8c(c7)C(c7ccccc7)(c7ccccc7)c7ccccc7-8)cc6)c4)c4ccccc4-5)cc3)cc2)cc1. The minimum Gasteiger partial charge on any atom is -0.455 e. The van der Waals surface area contributed by atoms with E-state index in [0.29, 0.717) is 0 Å². The van der Waals surface area contributed by atoms with Crippen LogP contribution in [-0.2, 0) is 10.8 Å². The maximum atomic E-state index is 6.66. The molecule has 4 nitrogen and oxygen atoms in total. The molecule has 19 aromatic carbocycles. The van der Waals surface area contributed by atoms with Gasteiger partial charge in [-0.2, -0.15) is 0 Å². The number of para-hydroxylation sites is 5. The molecule has 4 heteroatoms. The highest BCUT2D eigenvalue weighted by atomic mass is 16.3. The first-order chi connectivity index (χ1) is 59.5. The number of fused-ring (bicyclic) bond motifs is 12. The van der Waals surface area contributed by atoms with Crippen LogP contribution in [0.1, 0.15) is 44.5 Å². The molecule has 0 fully saturated rings. The number of anilines is 6.